The Hall–Kier alpha value is -6.36. The van der Waals surface area contributed by atoms with Crippen molar-refractivity contribution in [3.05, 3.63) is 60.7 Å². The van der Waals surface area contributed by atoms with E-state index in [4.69, 9.17) is 20.9 Å². The topological polar surface area (TPSA) is 750 Å². The van der Waals surface area contributed by atoms with Crippen LogP contribution in [0.4, 0.5) is 11.6 Å². The summed E-state index contributed by atoms with van der Waals surface area (Å²) in [5.74, 6) is -3.48. The van der Waals surface area contributed by atoms with Crippen LogP contribution in [0.2, 0.25) is 0 Å². The summed E-state index contributed by atoms with van der Waals surface area (Å²) in [6, 6.07) is 8.35. The maximum atomic E-state index is 13.1. The minimum Gasteiger partial charge on any atom is -0.790 e. The number of imidazole rings is 2. The highest BCUT2D eigenvalue weighted by molar-refractivity contribution is 7.60. The van der Waals surface area contributed by atoms with Crippen LogP contribution in [-0.4, -0.2) is 196 Å². The predicted molar refractivity (Wildman–Crippen MR) is 397 cm³/mol. The molecule has 2 aliphatic heterocycles. The molecule has 1 aliphatic carbocycles. The van der Waals surface area contributed by atoms with E-state index in [1.165, 1.54) is 38.8 Å². The van der Waals surface area contributed by atoms with Crippen LogP contribution in [0.5, 0.6) is 0 Å². The van der Waals surface area contributed by atoms with Gasteiger partial charge in [-0.25, -0.2) is 38.5 Å². The lowest BCUT2D eigenvalue weighted by atomic mass is 9.81. The number of rotatable bonds is 52. The molecule has 12 N–H and O–H groups in total. The zero-order valence-electron chi connectivity index (χ0n) is 65.8. The molecular weight excluding hydrogens is 1720 g/mol. The van der Waals surface area contributed by atoms with Gasteiger partial charge in [-0.1, -0.05) is 78.6 Å². The number of nitrogens with one attached hydrogen (secondary N) is 4. The summed E-state index contributed by atoms with van der Waals surface area (Å²) in [5.41, 5.74) is 9.92. The molecule has 4 aromatic heterocycles. The minimum atomic E-state index is -5.99. The van der Waals surface area contributed by atoms with E-state index in [1.807, 2.05) is 19.9 Å². The van der Waals surface area contributed by atoms with E-state index in [0.717, 1.165) is 98.7 Å². The summed E-state index contributed by atoms with van der Waals surface area (Å²) in [4.78, 5) is 197. The smallest absolute Gasteiger partial charge is 0.274 e. The first-order chi connectivity index (χ1) is 55.8. The number of aliphatic hydroxyl groups is 4. The Morgan fingerprint density at radius 1 is 0.558 bits per heavy atom. The molecule has 3 aliphatic rings. The molecule has 120 heavy (non-hydrogen) atoms. The highest BCUT2D eigenvalue weighted by Crippen LogP contribution is 2.59. The number of nitrogens with zero attached hydrogens (tertiary/aromatic N) is 8. The SMILES string of the molecule is CC(C)(CCCCc1cccc(CCCCC2(CC(=O)CCNC(=O)CCNC(=O)C(O)C(C)(C)COP(=O)([O-])OP(=O)([O-])OCC3OC(n4cnc5c(N)ncnc54)C(O)C3OP(=O)([O-])[O-])CC2)c1)CC(=O)CCNC(=O)CCNC(=O)C(O)C(C)(C)COP(=O)([O-])OP(=O)([O-])OCC1OC(n2cnc3c(N)ncnc32)C(O)C1OP(=O)([O-])[O-]. The number of nitrogen functional groups attached to an aromatic ring is 2. The van der Waals surface area contributed by atoms with Crippen molar-refractivity contribution in [2.75, 3.05) is 64.1 Å². The van der Waals surface area contributed by atoms with Gasteiger partial charge in [-0.3, -0.25) is 56.2 Å². The van der Waals surface area contributed by atoms with Crippen LogP contribution in [0.3, 0.4) is 0 Å². The number of aryl methyl sites for hydroxylation is 2. The van der Waals surface area contributed by atoms with Crippen LogP contribution in [0.25, 0.3) is 22.3 Å². The number of amides is 4. The monoisotopic (exact) mass is 1810 g/mol. The lowest BCUT2D eigenvalue weighted by molar-refractivity contribution is -0.348. The molecule has 1 saturated carbocycles. The summed E-state index contributed by atoms with van der Waals surface area (Å²) in [6.45, 7) is 3.45. The van der Waals surface area contributed by atoms with E-state index >= 15 is 0 Å². The van der Waals surface area contributed by atoms with Crippen molar-refractivity contribution in [3.63, 3.8) is 0 Å². The Morgan fingerprint density at radius 2 is 0.958 bits per heavy atom. The zero-order valence-corrected chi connectivity index (χ0v) is 71.2. The fourth-order valence-corrected chi connectivity index (χ4v) is 18.6. The van der Waals surface area contributed by atoms with E-state index in [-0.39, 0.29) is 115 Å². The van der Waals surface area contributed by atoms with E-state index in [2.05, 4.69) is 105 Å². The van der Waals surface area contributed by atoms with Crippen molar-refractivity contribution in [2.24, 2.45) is 21.7 Å². The summed E-state index contributed by atoms with van der Waals surface area (Å²) >= 11 is 0. The van der Waals surface area contributed by atoms with Gasteiger partial charge < -0.3 is 138 Å². The van der Waals surface area contributed by atoms with Gasteiger partial charge in [0.25, 0.3) is 31.3 Å². The third-order valence-electron chi connectivity index (χ3n) is 19.7. The van der Waals surface area contributed by atoms with Crippen LogP contribution in [0.1, 0.15) is 155 Å². The second-order valence-corrected chi connectivity index (χ2v) is 39.4. The fraction of sp³-hybridized carbons (Fsp3) is 0.667. The predicted octanol–water partition coefficient (Wildman–Crippen LogP) is -2.60. The molecule has 0 radical (unpaired) electrons. The van der Waals surface area contributed by atoms with Crippen LogP contribution >= 0.6 is 46.9 Å². The third kappa shape index (κ3) is 30.2. The number of aromatic nitrogens is 8. The van der Waals surface area contributed by atoms with Gasteiger partial charge in [0, 0.05) is 75.5 Å². The number of nitrogens with two attached hydrogens (primary N) is 2. The first-order valence-corrected chi connectivity index (χ1v) is 46.3. The molecule has 54 heteroatoms. The van der Waals surface area contributed by atoms with Gasteiger partial charge in [-0.2, -0.15) is 0 Å². The molecule has 1 aromatic carbocycles. The third-order valence-corrected chi connectivity index (χ3v) is 25.8. The van der Waals surface area contributed by atoms with E-state index in [9.17, 15) is 116 Å². The molecule has 14 unspecified atom stereocenters. The number of unbranched alkanes of at least 4 members (excludes halogenated alkanes) is 2. The number of anilines is 2. The second-order valence-electron chi connectivity index (χ2n) is 31.3. The van der Waals surface area contributed by atoms with Crippen molar-refractivity contribution in [1.29, 1.82) is 0 Å². The molecule has 8 rings (SSSR count). The average molecular weight is 1820 g/mol. The van der Waals surface area contributed by atoms with Crippen LogP contribution < -0.4 is 71.9 Å². The number of benzene rings is 1. The molecule has 0 bridgehead atoms. The van der Waals surface area contributed by atoms with E-state index < -0.39 is 169 Å². The van der Waals surface area contributed by atoms with Crippen molar-refractivity contribution >= 4 is 116 Å². The van der Waals surface area contributed by atoms with Crippen LogP contribution in [0.15, 0.2) is 49.6 Å². The summed E-state index contributed by atoms with van der Waals surface area (Å²) in [7, 11) is -35.6. The Balaban J connectivity index is 0.628. The maximum absolute atomic E-state index is 13.1. The highest BCUT2D eigenvalue weighted by atomic mass is 31.3. The van der Waals surface area contributed by atoms with Gasteiger partial charge in [-0.05, 0) is 73.3 Å². The van der Waals surface area contributed by atoms with E-state index in [1.54, 1.807) is 0 Å². The Kier molecular flexibility index (Phi) is 34.4. The molecule has 48 nitrogen and oxygen atoms in total. The number of fused-ring (bicyclic) bond motifs is 2. The minimum absolute atomic E-state index is 0.0135. The number of ether oxygens (including phenoxy) is 2. The molecule has 0 spiro atoms. The van der Waals surface area contributed by atoms with Crippen molar-refractivity contribution in [3.8, 4) is 0 Å². The van der Waals surface area contributed by atoms with Gasteiger partial charge in [0.05, 0.1) is 54.7 Å². The van der Waals surface area contributed by atoms with Crippen molar-refractivity contribution in [2.45, 2.75) is 206 Å². The summed E-state index contributed by atoms with van der Waals surface area (Å²) < 4.78 is 123. The fourth-order valence-electron chi connectivity index (χ4n) is 13.1. The number of carbonyl (C=O) groups excluding carboxylic acids is 6. The number of Topliss-reactive ketones (excluding diaryl/α,β-unsaturated/α-hetero) is 2. The van der Waals surface area contributed by atoms with Crippen LogP contribution in [-0.2, 0) is 114 Å². The van der Waals surface area contributed by atoms with Gasteiger partial charge >= 0.3 is 0 Å². The summed E-state index contributed by atoms with van der Waals surface area (Å²) in [5, 5.41) is 53.3. The Bertz CT molecular complexity index is 4450. The largest absolute Gasteiger partial charge is 0.790 e. The van der Waals surface area contributed by atoms with Gasteiger partial charge in [0.1, 0.15) is 84.1 Å². The Morgan fingerprint density at radius 3 is 1.38 bits per heavy atom. The lowest BCUT2D eigenvalue weighted by Crippen LogP contribution is -2.46. The number of phosphoric acid groups is 6. The number of carbonyl (C=O) groups is 6. The number of phosphoric ester groups is 6. The number of aliphatic hydroxyl groups excluding tert-OH is 4. The average Bonchev–Trinajstić information content (AvgIpc) is 1.62. The zero-order chi connectivity index (χ0) is 88.8. The molecule has 14 atom stereocenters. The molecule has 2 saturated heterocycles. The first kappa shape index (κ1) is 99.1. The Labute approximate surface area is 686 Å². The molecule has 6 heterocycles. The standard InChI is InChI=1S/C66H104N14O34P6/c1-63(2,29-41(81)16-24-69-45(83)18-26-71-59(89)53(87)64(3,4)33-107-119(101,102)113-117(97,98)105-31-43-51(111-115(91,92)93)49(85)61(109-43)79-37-77-47-55(67)73-35-75-57(47)79)20-9-7-12-39-14-11-15-40(28-39)13-8-10-21-66(22-23-66)30-42(82)17-25-70-46(84)19-27-72-60(90)54(88)65(5,6)34-108-120(103,104)114-118(99,100)106-32-44-52(112-116(94,95)96)50(86)62(110-44)80-38-78-48-56(68)74-36-76-58(48)80/h11,14-15,28,35-38,43-44,49-54,61-62,85-88H,7-10,12-13,16-27,29-34H2,1-6H3,(H,69,83)(H,70,84)(H,71,89)(H,72,90)(H,97,98)(H,99,100)(H,101,102)(H,103,104)(H2,67,73,75)(H2,68,74,76)(H2,91,92,93)(H2,94,95,96)/p-8. The molecule has 672 valence electrons. The maximum Gasteiger partial charge on any atom is 0.274 e. The molecule has 3 fully saturated rings. The van der Waals surface area contributed by atoms with Crippen molar-refractivity contribution in [1.82, 2.24) is 60.3 Å². The molecular formula is C66H96N14O34P6-8. The van der Waals surface area contributed by atoms with Gasteiger partial charge in [-0.15, -0.1) is 0 Å². The summed E-state index contributed by atoms with van der Waals surface area (Å²) in [6.07, 6.45) is -6.45. The normalized spacial score (nSPS) is 22.2. The van der Waals surface area contributed by atoms with Crippen molar-refractivity contribution < 1.29 is 161 Å². The van der Waals surface area contributed by atoms with E-state index in [0.29, 0.717) is 6.42 Å². The van der Waals surface area contributed by atoms with Gasteiger partial charge in [0.15, 0.2) is 35.4 Å². The second kappa shape index (κ2) is 41.6. The highest BCUT2D eigenvalue weighted by Gasteiger charge is 2.50. The van der Waals surface area contributed by atoms with Gasteiger partial charge in [0.2, 0.25) is 23.6 Å². The quantitative estimate of drug-likeness (QED) is 0.0141. The molecule has 4 amide bonds. The van der Waals surface area contributed by atoms with Crippen LogP contribution in [0, 0.1) is 21.7 Å². The number of hydrogen-bond donors (Lipinski definition) is 10. The lowest BCUT2D eigenvalue weighted by Gasteiger charge is -2.36. The number of ketones is 2. The number of hydrogen-bond acceptors (Lipinski definition) is 42. The molecule has 5 aromatic rings. The first-order valence-electron chi connectivity index (χ1n) is 37.5.